The molecule has 102 valence electrons. The van der Waals surface area contributed by atoms with Crippen LogP contribution in [0.1, 0.15) is 31.0 Å². The number of halogens is 1. The quantitative estimate of drug-likeness (QED) is 0.777. The van der Waals surface area contributed by atoms with E-state index in [0.717, 1.165) is 23.8 Å². The van der Waals surface area contributed by atoms with Gasteiger partial charge in [0.05, 0.1) is 0 Å². The van der Waals surface area contributed by atoms with E-state index < -0.39 is 0 Å². The molecule has 1 heterocycles. The van der Waals surface area contributed by atoms with E-state index in [2.05, 4.69) is 48.1 Å². The second-order valence-electron chi connectivity index (χ2n) is 4.83. The lowest BCUT2D eigenvalue weighted by molar-refractivity contribution is 0.627. The monoisotopic (exact) mass is 276 g/mol. The first-order chi connectivity index (χ1) is 9.22. The number of benzene rings is 1. The molecule has 0 saturated heterocycles. The Morgan fingerprint density at radius 2 is 2.11 bits per heavy atom. The molecule has 1 N–H and O–H groups in total. The maximum absolute atomic E-state index is 6.10. The molecule has 0 saturated carbocycles. The summed E-state index contributed by atoms with van der Waals surface area (Å²) in [6.07, 6.45) is 4.54. The molecule has 0 aliphatic heterocycles. The molecule has 19 heavy (non-hydrogen) atoms. The predicted molar refractivity (Wildman–Crippen MR) is 82.1 cm³/mol. The van der Waals surface area contributed by atoms with E-state index in [1.165, 1.54) is 24.1 Å². The number of nitrogens with zero attached hydrogens (tertiary/aromatic N) is 1. The van der Waals surface area contributed by atoms with Gasteiger partial charge in [-0.3, -0.25) is 0 Å². The van der Waals surface area contributed by atoms with E-state index in [4.69, 9.17) is 11.6 Å². The minimum atomic E-state index is 0.777. The van der Waals surface area contributed by atoms with Gasteiger partial charge in [-0.15, -0.1) is 0 Å². The molecule has 2 nitrogen and oxygen atoms in total. The Balaban J connectivity index is 2.16. The van der Waals surface area contributed by atoms with Gasteiger partial charge in [-0.25, -0.2) is 0 Å². The van der Waals surface area contributed by atoms with Gasteiger partial charge in [0, 0.05) is 29.1 Å². The Hall–Kier alpha value is -1.25. The fraction of sp³-hybridized carbons (Fsp3) is 0.375. The average molecular weight is 277 g/mol. The molecule has 0 atom stereocenters. The second-order valence-corrected chi connectivity index (χ2v) is 5.27. The molecule has 2 rings (SSSR count). The minimum Gasteiger partial charge on any atom is -0.319 e. The molecule has 0 aliphatic rings. The highest BCUT2D eigenvalue weighted by atomic mass is 35.5. The Labute approximate surface area is 120 Å². The molecule has 0 aliphatic carbocycles. The third-order valence-electron chi connectivity index (χ3n) is 3.28. The van der Waals surface area contributed by atoms with Crippen LogP contribution < -0.4 is 5.32 Å². The molecule has 3 heteroatoms. The van der Waals surface area contributed by atoms with E-state index in [1.54, 1.807) is 0 Å². The predicted octanol–water partition coefficient (Wildman–Crippen LogP) is 4.33. The normalized spacial score (nSPS) is 10.9. The van der Waals surface area contributed by atoms with Crippen LogP contribution in [0, 0.1) is 6.92 Å². The molecule has 2 aromatic rings. The molecule has 0 unspecified atom stereocenters. The average Bonchev–Trinajstić information content (AvgIpc) is 2.86. The highest BCUT2D eigenvalue weighted by molar-refractivity contribution is 6.30. The summed E-state index contributed by atoms with van der Waals surface area (Å²) in [4.78, 5) is 0. The first-order valence-corrected chi connectivity index (χ1v) is 7.23. The number of rotatable bonds is 6. The lowest BCUT2D eigenvalue weighted by atomic mass is 10.2. The van der Waals surface area contributed by atoms with E-state index in [-0.39, 0.29) is 0 Å². The van der Waals surface area contributed by atoms with E-state index in [9.17, 15) is 0 Å². The van der Waals surface area contributed by atoms with Crippen molar-refractivity contribution < 1.29 is 0 Å². The highest BCUT2D eigenvalue weighted by Gasteiger charge is 2.06. The number of hydrogen-bond acceptors (Lipinski definition) is 1. The maximum atomic E-state index is 6.10. The molecule has 0 spiro atoms. The van der Waals surface area contributed by atoms with Gasteiger partial charge in [0.25, 0.3) is 0 Å². The van der Waals surface area contributed by atoms with Crippen molar-refractivity contribution in [3.63, 3.8) is 0 Å². The summed E-state index contributed by atoms with van der Waals surface area (Å²) in [5, 5.41) is 4.26. The maximum Gasteiger partial charge on any atom is 0.0496 e. The highest BCUT2D eigenvalue weighted by Crippen LogP contribution is 2.21. The van der Waals surface area contributed by atoms with Crippen LogP contribution in [0.4, 0.5) is 0 Å². The smallest absolute Gasteiger partial charge is 0.0496 e. The van der Waals surface area contributed by atoms with E-state index in [0.29, 0.717) is 0 Å². The van der Waals surface area contributed by atoms with Crippen molar-refractivity contribution in [1.82, 2.24) is 9.88 Å². The number of nitrogens with one attached hydrogen (secondary N) is 1. The summed E-state index contributed by atoms with van der Waals surface area (Å²) in [6, 6.07) is 10.2. The lowest BCUT2D eigenvalue weighted by Crippen LogP contribution is -2.16. The molecule has 0 bridgehead atoms. The summed E-state index contributed by atoms with van der Waals surface area (Å²) >= 11 is 6.10. The molecule has 0 amide bonds. The summed E-state index contributed by atoms with van der Waals surface area (Å²) < 4.78 is 2.21. The summed E-state index contributed by atoms with van der Waals surface area (Å²) in [7, 11) is 0. The topological polar surface area (TPSA) is 17.0 Å². The van der Waals surface area contributed by atoms with Crippen LogP contribution in [-0.4, -0.2) is 11.1 Å². The van der Waals surface area contributed by atoms with Gasteiger partial charge in [0.1, 0.15) is 0 Å². The van der Waals surface area contributed by atoms with Gasteiger partial charge in [0.2, 0.25) is 0 Å². The first-order valence-electron chi connectivity index (χ1n) is 6.86. The minimum absolute atomic E-state index is 0.777. The van der Waals surface area contributed by atoms with Crippen molar-refractivity contribution in [3.05, 3.63) is 52.8 Å². The van der Waals surface area contributed by atoms with Gasteiger partial charge in [-0.1, -0.05) is 31.0 Å². The first kappa shape index (κ1) is 14.2. The largest absolute Gasteiger partial charge is 0.319 e. The number of aryl methyl sites for hydroxylation is 1. The zero-order valence-electron chi connectivity index (χ0n) is 11.6. The van der Waals surface area contributed by atoms with Crippen LogP contribution in [0.3, 0.4) is 0 Å². The van der Waals surface area contributed by atoms with Gasteiger partial charge >= 0.3 is 0 Å². The number of unbranched alkanes of at least 4 members (excludes halogenated alkanes) is 1. The Morgan fingerprint density at radius 1 is 1.26 bits per heavy atom. The van der Waals surface area contributed by atoms with Crippen LogP contribution in [0.25, 0.3) is 5.69 Å². The molecule has 1 aromatic carbocycles. The Bertz CT molecular complexity index is 531. The van der Waals surface area contributed by atoms with Crippen molar-refractivity contribution >= 4 is 11.6 Å². The van der Waals surface area contributed by atoms with Gasteiger partial charge in [-0.05, 0) is 49.7 Å². The van der Waals surface area contributed by atoms with Crippen LogP contribution >= 0.6 is 11.6 Å². The Morgan fingerprint density at radius 3 is 2.89 bits per heavy atom. The fourth-order valence-electron chi connectivity index (χ4n) is 2.16. The standard InChI is InChI=1S/C16H21ClN2/c1-3-4-9-18-12-15-6-5-10-19(15)16-11-14(17)8-7-13(16)2/h5-8,10-11,18H,3-4,9,12H2,1-2H3. The van der Waals surface area contributed by atoms with Crippen LogP contribution in [0.2, 0.25) is 5.02 Å². The summed E-state index contributed by atoms with van der Waals surface area (Å²) in [5.74, 6) is 0. The summed E-state index contributed by atoms with van der Waals surface area (Å²) in [5.41, 5.74) is 3.65. The van der Waals surface area contributed by atoms with Crippen molar-refractivity contribution in [2.45, 2.75) is 33.2 Å². The van der Waals surface area contributed by atoms with Gasteiger partial charge < -0.3 is 9.88 Å². The number of aromatic nitrogens is 1. The third-order valence-corrected chi connectivity index (χ3v) is 3.51. The van der Waals surface area contributed by atoms with E-state index >= 15 is 0 Å². The fourth-order valence-corrected chi connectivity index (χ4v) is 2.32. The van der Waals surface area contributed by atoms with Crippen molar-refractivity contribution in [2.75, 3.05) is 6.54 Å². The van der Waals surface area contributed by atoms with E-state index in [1.807, 2.05) is 12.1 Å². The second kappa shape index (κ2) is 6.78. The zero-order valence-corrected chi connectivity index (χ0v) is 12.4. The van der Waals surface area contributed by atoms with Crippen LogP contribution in [-0.2, 0) is 6.54 Å². The number of hydrogen-bond donors (Lipinski definition) is 1. The molecular formula is C16H21ClN2. The van der Waals surface area contributed by atoms with Crippen LogP contribution in [0.5, 0.6) is 0 Å². The van der Waals surface area contributed by atoms with Gasteiger partial charge in [0.15, 0.2) is 0 Å². The van der Waals surface area contributed by atoms with Crippen molar-refractivity contribution in [1.29, 1.82) is 0 Å². The molecule has 0 radical (unpaired) electrons. The van der Waals surface area contributed by atoms with Gasteiger partial charge in [-0.2, -0.15) is 0 Å². The molecule has 1 aromatic heterocycles. The molecule has 0 fully saturated rings. The Kier molecular flexibility index (Phi) is 5.06. The van der Waals surface area contributed by atoms with Crippen LogP contribution in [0.15, 0.2) is 36.5 Å². The SMILES string of the molecule is CCCCNCc1cccn1-c1cc(Cl)ccc1C. The zero-order chi connectivity index (χ0) is 13.7. The van der Waals surface area contributed by atoms with Crippen molar-refractivity contribution in [3.8, 4) is 5.69 Å². The third kappa shape index (κ3) is 3.62. The van der Waals surface area contributed by atoms with Crippen molar-refractivity contribution in [2.24, 2.45) is 0 Å². The lowest BCUT2D eigenvalue weighted by Gasteiger charge is -2.13. The summed E-state index contributed by atoms with van der Waals surface area (Å²) in [6.45, 7) is 6.27. The molecular weight excluding hydrogens is 256 g/mol.